The molecule has 1 unspecified atom stereocenters. The summed E-state index contributed by atoms with van der Waals surface area (Å²) in [6.45, 7) is 1.39. The molecule has 1 N–H and O–H groups in total. The van der Waals surface area contributed by atoms with Gasteiger partial charge in [0, 0.05) is 26.0 Å². The summed E-state index contributed by atoms with van der Waals surface area (Å²) < 4.78 is 10.6. The lowest BCUT2D eigenvalue weighted by molar-refractivity contribution is -0.121. The van der Waals surface area contributed by atoms with Crippen molar-refractivity contribution in [2.24, 2.45) is 0 Å². The van der Waals surface area contributed by atoms with Gasteiger partial charge in [0.2, 0.25) is 17.6 Å². The monoisotopic (exact) mass is 307 g/mol. The van der Waals surface area contributed by atoms with E-state index in [9.17, 15) is 4.79 Å². The van der Waals surface area contributed by atoms with E-state index in [-0.39, 0.29) is 12.0 Å². The minimum Gasteiger partial charge on any atom is -0.376 e. The zero-order valence-electron chi connectivity index (χ0n) is 11.6. The molecule has 21 heavy (non-hydrogen) atoms. The van der Waals surface area contributed by atoms with Gasteiger partial charge in [-0.1, -0.05) is 11.2 Å². The molecular formula is C14H17N3O3S. The van der Waals surface area contributed by atoms with Crippen molar-refractivity contribution in [3.05, 3.63) is 23.4 Å². The second kappa shape index (κ2) is 6.82. The van der Waals surface area contributed by atoms with E-state index >= 15 is 0 Å². The lowest BCUT2D eigenvalue weighted by Gasteiger charge is -2.09. The molecule has 0 aromatic carbocycles. The van der Waals surface area contributed by atoms with Gasteiger partial charge >= 0.3 is 0 Å². The van der Waals surface area contributed by atoms with Crippen LogP contribution in [-0.4, -0.2) is 35.3 Å². The first-order valence-corrected chi connectivity index (χ1v) is 7.94. The molecule has 2 aromatic heterocycles. The molecule has 1 atom stereocenters. The Morgan fingerprint density at radius 1 is 1.52 bits per heavy atom. The summed E-state index contributed by atoms with van der Waals surface area (Å²) in [5.74, 6) is 1.06. The van der Waals surface area contributed by atoms with Crippen LogP contribution in [0.15, 0.2) is 22.0 Å². The highest BCUT2D eigenvalue weighted by Crippen LogP contribution is 2.21. The van der Waals surface area contributed by atoms with Crippen molar-refractivity contribution in [2.75, 3.05) is 13.2 Å². The van der Waals surface area contributed by atoms with Gasteiger partial charge in [-0.25, -0.2) is 0 Å². The van der Waals surface area contributed by atoms with Crippen LogP contribution in [0.5, 0.6) is 0 Å². The normalized spacial score (nSPS) is 18.0. The third-order valence-corrected chi connectivity index (χ3v) is 4.19. The summed E-state index contributed by atoms with van der Waals surface area (Å²) in [5.41, 5.74) is 0. The lowest BCUT2D eigenvalue weighted by Crippen LogP contribution is -2.31. The average Bonchev–Trinajstić information content (AvgIpc) is 3.24. The summed E-state index contributed by atoms with van der Waals surface area (Å²) in [7, 11) is 0. The van der Waals surface area contributed by atoms with Gasteiger partial charge in [-0.3, -0.25) is 4.79 Å². The number of rotatable bonds is 6. The first-order valence-electron chi connectivity index (χ1n) is 7.06. The Morgan fingerprint density at radius 2 is 2.48 bits per heavy atom. The number of ether oxygens (including phenoxy) is 1. The number of amides is 1. The maximum atomic E-state index is 11.8. The SMILES string of the molecule is O=C(CCc1nc(-c2cccs2)no1)NCC1CCCO1. The van der Waals surface area contributed by atoms with Gasteiger partial charge in [-0.05, 0) is 24.3 Å². The van der Waals surface area contributed by atoms with Crippen LogP contribution < -0.4 is 5.32 Å². The second-order valence-corrected chi connectivity index (χ2v) is 5.88. The van der Waals surface area contributed by atoms with Crippen LogP contribution in [0.3, 0.4) is 0 Å². The van der Waals surface area contributed by atoms with E-state index in [1.165, 1.54) is 0 Å². The number of hydrogen-bond acceptors (Lipinski definition) is 6. The van der Waals surface area contributed by atoms with Crippen molar-refractivity contribution in [1.29, 1.82) is 0 Å². The Bertz CT molecular complexity index is 576. The fourth-order valence-electron chi connectivity index (χ4n) is 2.20. The Labute approximate surface area is 126 Å². The summed E-state index contributed by atoms with van der Waals surface area (Å²) in [6, 6.07) is 3.88. The fourth-order valence-corrected chi connectivity index (χ4v) is 2.85. The number of hydrogen-bond donors (Lipinski definition) is 1. The van der Waals surface area contributed by atoms with Crippen LogP contribution in [0.2, 0.25) is 0 Å². The molecule has 0 spiro atoms. The number of nitrogens with zero attached hydrogens (tertiary/aromatic N) is 2. The summed E-state index contributed by atoms with van der Waals surface area (Å²) >= 11 is 1.56. The minimum atomic E-state index is -0.0126. The number of aryl methyl sites for hydroxylation is 1. The Kier molecular flexibility index (Phi) is 4.62. The van der Waals surface area contributed by atoms with Gasteiger partial charge in [0.15, 0.2) is 0 Å². The minimum absolute atomic E-state index is 0.0126. The summed E-state index contributed by atoms with van der Waals surface area (Å²) in [5, 5.41) is 8.76. The molecule has 0 radical (unpaired) electrons. The Morgan fingerprint density at radius 3 is 3.24 bits per heavy atom. The number of carbonyl (C=O) groups excluding carboxylic acids is 1. The average molecular weight is 307 g/mol. The molecule has 112 valence electrons. The quantitative estimate of drug-likeness (QED) is 0.883. The zero-order chi connectivity index (χ0) is 14.5. The number of thiophene rings is 1. The highest BCUT2D eigenvalue weighted by molar-refractivity contribution is 7.13. The molecular weight excluding hydrogens is 290 g/mol. The molecule has 2 aromatic rings. The third-order valence-electron chi connectivity index (χ3n) is 3.33. The van der Waals surface area contributed by atoms with Crippen molar-refractivity contribution >= 4 is 17.2 Å². The first-order chi connectivity index (χ1) is 10.3. The van der Waals surface area contributed by atoms with Crippen molar-refractivity contribution in [2.45, 2.75) is 31.8 Å². The molecule has 3 heterocycles. The molecule has 7 heteroatoms. The van der Waals surface area contributed by atoms with Crippen LogP contribution in [0, 0.1) is 0 Å². The number of carbonyl (C=O) groups is 1. The maximum Gasteiger partial charge on any atom is 0.227 e. The predicted octanol–water partition coefficient (Wildman–Crippen LogP) is 2.03. The maximum absolute atomic E-state index is 11.8. The topological polar surface area (TPSA) is 77.2 Å². The van der Waals surface area contributed by atoms with Gasteiger partial charge < -0.3 is 14.6 Å². The molecule has 1 amide bonds. The molecule has 1 saturated heterocycles. The van der Waals surface area contributed by atoms with E-state index in [1.807, 2.05) is 17.5 Å². The Balaban J connectivity index is 1.43. The van der Waals surface area contributed by atoms with Crippen LogP contribution in [0.25, 0.3) is 10.7 Å². The van der Waals surface area contributed by atoms with Gasteiger partial charge in [0.25, 0.3) is 0 Å². The van der Waals surface area contributed by atoms with Gasteiger partial charge in [-0.2, -0.15) is 4.98 Å². The van der Waals surface area contributed by atoms with Crippen molar-refractivity contribution < 1.29 is 14.1 Å². The molecule has 3 rings (SSSR count). The highest BCUT2D eigenvalue weighted by Gasteiger charge is 2.16. The molecule has 0 saturated carbocycles. The molecule has 1 aliphatic heterocycles. The van der Waals surface area contributed by atoms with Crippen LogP contribution in [-0.2, 0) is 16.0 Å². The molecule has 6 nitrogen and oxygen atoms in total. The van der Waals surface area contributed by atoms with Crippen molar-refractivity contribution in [3.63, 3.8) is 0 Å². The predicted molar refractivity (Wildman–Crippen MR) is 77.9 cm³/mol. The standard InChI is InChI=1S/C14H17N3O3S/c18-12(15-9-10-3-1-7-19-10)5-6-13-16-14(17-20-13)11-4-2-8-21-11/h2,4,8,10H,1,3,5-7,9H2,(H,15,18). The third kappa shape index (κ3) is 3.89. The molecule has 0 aliphatic carbocycles. The number of nitrogens with one attached hydrogen (secondary N) is 1. The summed E-state index contributed by atoms with van der Waals surface area (Å²) in [4.78, 5) is 17.0. The first kappa shape index (κ1) is 14.2. The molecule has 0 bridgehead atoms. The number of aromatic nitrogens is 2. The van der Waals surface area contributed by atoms with Crippen LogP contribution in [0.4, 0.5) is 0 Å². The van der Waals surface area contributed by atoms with Gasteiger partial charge in [0.1, 0.15) is 0 Å². The summed E-state index contributed by atoms with van der Waals surface area (Å²) in [6.07, 6.45) is 3.07. The van der Waals surface area contributed by atoms with E-state index in [4.69, 9.17) is 9.26 Å². The van der Waals surface area contributed by atoms with E-state index in [1.54, 1.807) is 11.3 Å². The van der Waals surface area contributed by atoms with Gasteiger partial charge in [-0.15, -0.1) is 11.3 Å². The molecule has 1 aliphatic rings. The van der Waals surface area contributed by atoms with E-state index in [0.29, 0.717) is 31.1 Å². The van der Waals surface area contributed by atoms with E-state index in [2.05, 4.69) is 15.5 Å². The smallest absolute Gasteiger partial charge is 0.227 e. The molecule has 1 fully saturated rings. The van der Waals surface area contributed by atoms with Crippen LogP contribution >= 0.6 is 11.3 Å². The van der Waals surface area contributed by atoms with Crippen molar-refractivity contribution in [1.82, 2.24) is 15.5 Å². The van der Waals surface area contributed by atoms with Crippen molar-refractivity contribution in [3.8, 4) is 10.7 Å². The van der Waals surface area contributed by atoms with Crippen LogP contribution in [0.1, 0.15) is 25.2 Å². The fraction of sp³-hybridized carbons (Fsp3) is 0.500. The van der Waals surface area contributed by atoms with E-state index < -0.39 is 0 Å². The van der Waals surface area contributed by atoms with Gasteiger partial charge in [0.05, 0.1) is 11.0 Å². The largest absolute Gasteiger partial charge is 0.376 e. The zero-order valence-corrected chi connectivity index (χ0v) is 12.4. The lowest BCUT2D eigenvalue weighted by atomic mass is 10.2. The Hall–Kier alpha value is -1.73. The van der Waals surface area contributed by atoms with E-state index in [0.717, 1.165) is 24.3 Å². The highest BCUT2D eigenvalue weighted by atomic mass is 32.1. The second-order valence-electron chi connectivity index (χ2n) is 4.93.